The van der Waals surface area contributed by atoms with Crippen LogP contribution in [0.3, 0.4) is 0 Å². The molecule has 0 unspecified atom stereocenters. The molecule has 1 saturated carbocycles. The van der Waals surface area contributed by atoms with Crippen molar-refractivity contribution in [2.75, 3.05) is 43.4 Å². The smallest absolute Gasteiger partial charge is 0.319 e. The van der Waals surface area contributed by atoms with Gasteiger partial charge in [0.25, 0.3) is 0 Å². The number of anilines is 2. The lowest BCUT2D eigenvalue weighted by Crippen LogP contribution is -2.61. The first-order valence-electron chi connectivity index (χ1n) is 16.8. The number of terminal acetylenes is 1. The highest BCUT2D eigenvalue weighted by atomic mass is 19.1. The number of nitrogens with two attached hydrogens (primary N) is 1. The molecule has 2 bridgehead atoms. The van der Waals surface area contributed by atoms with Gasteiger partial charge in [-0.2, -0.15) is 9.97 Å². The Labute approximate surface area is 276 Å². The van der Waals surface area contributed by atoms with E-state index in [-0.39, 0.29) is 46.0 Å². The first-order valence-corrected chi connectivity index (χ1v) is 16.8. The molecule has 4 saturated heterocycles. The molecule has 0 spiro atoms. The van der Waals surface area contributed by atoms with Gasteiger partial charge in [-0.05, 0) is 86.6 Å². The molecular weight excluding hydrogens is 615 g/mol. The summed E-state index contributed by atoms with van der Waals surface area (Å²) in [5.74, 6) is 2.34. The van der Waals surface area contributed by atoms with Gasteiger partial charge in [0, 0.05) is 54.0 Å². The van der Waals surface area contributed by atoms with Gasteiger partial charge < -0.3 is 20.7 Å². The molecule has 2 aromatic carbocycles. The van der Waals surface area contributed by atoms with E-state index < -0.39 is 11.6 Å². The van der Waals surface area contributed by atoms with E-state index in [0.717, 1.165) is 50.9 Å². The summed E-state index contributed by atoms with van der Waals surface area (Å²) in [6.07, 6.45) is 15.1. The highest BCUT2D eigenvalue weighted by Gasteiger charge is 2.53. The van der Waals surface area contributed by atoms with Gasteiger partial charge in [0.1, 0.15) is 29.5 Å². The van der Waals surface area contributed by atoms with Crippen molar-refractivity contribution in [2.24, 2.45) is 5.92 Å². The summed E-state index contributed by atoms with van der Waals surface area (Å²) in [5.41, 5.74) is 7.32. The van der Waals surface area contributed by atoms with Crippen LogP contribution < -0.4 is 20.7 Å². The molecule has 4 aromatic rings. The molecule has 4 aliphatic heterocycles. The van der Waals surface area contributed by atoms with E-state index >= 15 is 4.39 Å². The van der Waals surface area contributed by atoms with Crippen LogP contribution in [0.2, 0.25) is 0 Å². The highest BCUT2D eigenvalue weighted by Crippen LogP contribution is 2.49. The fourth-order valence-corrected chi connectivity index (χ4v) is 9.12. The number of nitrogens with one attached hydrogen (secondary N) is 1. The Bertz CT molecular complexity index is 2080. The lowest BCUT2D eigenvalue weighted by atomic mass is 9.90. The Morgan fingerprint density at radius 2 is 2.04 bits per heavy atom. The zero-order chi connectivity index (χ0) is 32.8. The van der Waals surface area contributed by atoms with E-state index in [4.69, 9.17) is 21.9 Å². The molecule has 3 N–H and O–H groups in total. The number of rotatable bonds is 6. The van der Waals surface area contributed by atoms with Crippen LogP contribution in [0.4, 0.5) is 24.7 Å². The van der Waals surface area contributed by atoms with E-state index in [1.807, 2.05) is 0 Å². The Balaban J connectivity index is 1.19. The Morgan fingerprint density at radius 1 is 1.17 bits per heavy atom. The maximum atomic E-state index is 17.0. The normalized spacial score (nSPS) is 27.7. The zero-order valence-corrected chi connectivity index (χ0v) is 26.5. The van der Waals surface area contributed by atoms with Crippen LogP contribution >= 0.6 is 0 Å². The maximum absolute atomic E-state index is 17.0. The number of ether oxygens (including phenoxy) is 1. The SMILES string of the molecule is C#Cc1c(F)ccc2cc(N)cc(-c3ncc4c(N5C[C@@H]6CC[C@](C7CC7)(C5)N6)nc(OC[C@@]56CCCN5C/C(=C\F)C6)nc4c3F)c12. The van der Waals surface area contributed by atoms with Crippen LogP contribution in [0, 0.1) is 29.9 Å². The quantitative estimate of drug-likeness (QED) is 0.198. The lowest BCUT2D eigenvalue weighted by Gasteiger charge is -2.42. The number of pyridine rings is 1. The second-order valence-corrected chi connectivity index (χ2v) is 14.4. The maximum Gasteiger partial charge on any atom is 0.319 e. The zero-order valence-electron chi connectivity index (χ0n) is 26.5. The van der Waals surface area contributed by atoms with Crippen molar-refractivity contribution in [3.05, 3.63) is 59.6 Å². The van der Waals surface area contributed by atoms with Gasteiger partial charge >= 0.3 is 6.01 Å². The Morgan fingerprint density at radius 3 is 2.85 bits per heavy atom. The molecule has 11 heteroatoms. The number of piperazine rings is 1. The van der Waals surface area contributed by atoms with Gasteiger partial charge in [-0.1, -0.05) is 12.0 Å². The van der Waals surface area contributed by atoms with Crippen molar-refractivity contribution in [1.29, 1.82) is 0 Å². The summed E-state index contributed by atoms with van der Waals surface area (Å²) in [6, 6.07) is 6.46. The van der Waals surface area contributed by atoms with Crippen LogP contribution in [-0.2, 0) is 0 Å². The summed E-state index contributed by atoms with van der Waals surface area (Å²) in [6.45, 7) is 3.17. The van der Waals surface area contributed by atoms with Crippen LogP contribution in [-0.4, -0.2) is 69.8 Å². The van der Waals surface area contributed by atoms with Gasteiger partial charge in [0.15, 0.2) is 5.82 Å². The predicted molar refractivity (Wildman–Crippen MR) is 179 cm³/mol. The molecular formula is C37H36F3N7O. The number of aromatic nitrogens is 3. The number of fused-ring (bicyclic) bond motifs is 5. The van der Waals surface area contributed by atoms with Gasteiger partial charge in [0.2, 0.25) is 0 Å². The Hall–Kier alpha value is -4.40. The first kappa shape index (κ1) is 29.7. The predicted octanol–water partition coefficient (Wildman–Crippen LogP) is 5.88. The van der Waals surface area contributed by atoms with Crippen LogP contribution in [0.1, 0.15) is 50.5 Å². The number of hydrogen-bond acceptors (Lipinski definition) is 8. The van der Waals surface area contributed by atoms with Gasteiger partial charge in [-0.25, -0.2) is 13.2 Å². The van der Waals surface area contributed by atoms with Crippen molar-refractivity contribution in [3.63, 3.8) is 0 Å². The summed E-state index contributed by atoms with van der Waals surface area (Å²) < 4.78 is 51.9. The molecule has 48 heavy (non-hydrogen) atoms. The first-order chi connectivity index (χ1) is 23.3. The number of benzene rings is 2. The second kappa shape index (κ2) is 10.8. The molecule has 5 fully saturated rings. The van der Waals surface area contributed by atoms with Crippen molar-refractivity contribution in [1.82, 2.24) is 25.2 Å². The van der Waals surface area contributed by atoms with E-state index in [0.29, 0.717) is 58.9 Å². The third-order valence-corrected chi connectivity index (χ3v) is 11.5. The van der Waals surface area contributed by atoms with Crippen LogP contribution in [0.15, 0.2) is 42.4 Å². The minimum atomic E-state index is -0.695. The van der Waals surface area contributed by atoms with Crippen molar-refractivity contribution < 1.29 is 17.9 Å². The number of nitrogen functional groups attached to an aromatic ring is 1. The van der Waals surface area contributed by atoms with Gasteiger partial charge in [-0.15, -0.1) is 6.42 Å². The summed E-state index contributed by atoms with van der Waals surface area (Å²) >= 11 is 0. The van der Waals surface area contributed by atoms with Crippen LogP contribution in [0.5, 0.6) is 6.01 Å². The number of nitrogens with zero attached hydrogens (tertiary/aromatic N) is 5. The molecule has 0 radical (unpaired) electrons. The molecule has 3 atom stereocenters. The van der Waals surface area contributed by atoms with Crippen molar-refractivity contribution in [3.8, 4) is 29.6 Å². The molecule has 9 rings (SSSR count). The molecule has 0 amide bonds. The number of halogens is 3. The van der Waals surface area contributed by atoms with Crippen LogP contribution in [0.25, 0.3) is 32.9 Å². The van der Waals surface area contributed by atoms with E-state index in [9.17, 15) is 8.78 Å². The molecule has 2 aromatic heterocycles. The monoisotopic (exact) mass is 651 g/mol. The lowest BCUT2D eigenvalue weighted by molar-refractivity contribution is 0.108. The summed E-state index contributed by atoms with van der Waals surface area (Å²) in [5, 5.41) is 5.30. The highest BCUT2D eigenvalue weighted by molar-refractivity contribution is 6.03. The van der Waals surface area contributed by atoms with Gasteiger partial charge in [-0.3, -0.25) is 9.88 Å². The minimum absolute atomic E-state index is 0.00552. The molecule has 5 aliphatic rings. The third kappa shape index (κ3) is 4.56. The molecule has 6 heterocycles. The van der Waals surface area contributed by atoms with Gasteiger partial charge in [0.05, 0.1) is 22.8 Å². The average Bonchev–Trinajstić information content (AvgIpc) is 3.70. The molecule has 246 valence electrons. The van der Waals surface area contributed by atoms with Crippen molar-refractivity contribution in [2.45, 2.75) is 62.1 Å². The second-order valence-electron chi connectivity index (χ2n) is 14.4. The van der Waals surface area contributed by atoms with E-state index in [1.54, 1.807) is 24.4 Å². The van der Waals surface area contributed by atoms with E-state index in [1.165, 1.54) is 18.9 Å². The fraction of sp³-hybridized carbons (Fsp3) is 0.432. The summed E-state index contributed by atoms with van der Waals surface area (Å²) in [7, 11) is 0. The fourth-order valence-electron chi connectivity index (χ4n) is 9.12. The topological polar surface area (TPSA) is 92.4 Å². The Kier molecular flexibility index (Phi) is 6.69. The number of hydrogen-bond donors (Lipinski definition) is 2. The summed E-state index contributed by atoms with van der Waals surface area (Å²) in [4.78, 5) is 18.7. The van der Waals surface area contributed by atoms with E-state index in [2.05, 4.69) is 31.0 Å². The molecule has 1 aliphatic carbocycles. The average molecular weight is 652 g/mol. The largest absolute Gasteiger partial charge is 0.461 e. The third-order valence-electron chi connectivity index (χ3n) is 11.5. The van der Waals surface area contributed by atoms with Crippen molar-refractivity contribution >= 4 is 33.2 Å². The minimum Gasteiger partial charge on any atom is -0.461 e. The standard InChI is InChI=1S/C37H36F3N7O/c1-2-26-29(39)7-4-22-12-24(41)13-27(30(22)26)32-31(40)33-28(16-42-32)34(46-18-25-8-10-37(19-46,45-25)23-5-6-23)44-35(43-33)48-20-36-9-3-11-47(36)17-21(14-36)15-38/h1,4,7,12-13,15-16,23,25,45H,3,5-6,8-11,14,17-20,41H2/b21-15-/t25-,36-,37+/m0/s1. The molecule has 8 nitrogen and oxygen atoms in total.